The van der Waals surface area contributed by atoms with Crippen LogP contribution < -0.4 is 5.32 Å². The maximum Gasteiger partial charge on any atom is 0.264 e. The number of benzene rings is 1. The minimum absolute atomic E-state index is 0.108. The second-order valence-corrected chi connectivity index (χ2v) is 12.7. The summed E-state index contributed by atoms with van der Waals surface area (Å²) in [5, 5.41) is 3.52. The fourth-order valence-corrected chi connectivity index (χ4v) is 5.96. The van der Waals surface area contributed by atoms with Crippen LogP contribution in [0, 0.1) is 12.3 Å². The van der Waals surface area contributed by atoms with Gasteiger partial charge in [-0.05, 0) is 42.2 Å². The number of amides is 2. The van der Waals surface area contributed by atoms with E-state index in [9.17, 15) is 18.0 Å². The van der Waals surface area contributed by atoms with Crippen LogP contribution in [0.1, 0.15) is 61.3 Å². The molecule has 1 aliphatic rings. The number of sulfonamides is 1. The first-order chi connectivity index (χ1) is 15.3. The first-order valence-corrected chi connectivity index (χ1v) is 13.4. The molecule has 3 rings (SSSR count). The molecule has 1 aromatic heterocycles. The molecule has 0 spiro atoms. The number of carbonyl (C=O) groups excluding carboxylic acids is 2. The zero-order valence-corrected chi connectivity index (χ0v) is 21.8. The molecule has 2 aromatic rings. The van der Waals surface area contributed by atoms with E-state index >= 15 is 0 Å². The van der Waals surface area contributed by atoms with Crippen molar-refractivity contribution in [3.63, 3.8) is 0 Å². The summed E-state index contributed by atoms with van der Waals surface area (Å²) in [6.07, 6.45) is 0. The van der Waals surface area contributed by atoms with Gasteiger partial charge in [0.1, 0.15) is 0 Å². The third-order valence-corrected chi connectivity index (χ3v) is 8.79. The molecule has 0 atom stereocenters. The minimum Gasteiger partial charge on any atom is -0.335 e. The summed E-state index contributed by atoms with van der Waals surface area (Å²) >= 11 is 1.26. The molecule has 33 heavy (non-hydrogen) atoms. The highest BCUT2D eigenvalue weighted by Gasteiger charge is 2.31. The van der Waals surface area contributed by atoms with E-state index < -0.39 is 15.4 Å². The van der Waals surface area contributed by atoms with Crippen LogP contribution >= 0.6 is 11.3 Å². The van der Waals surface area contributed by atoms with Crippen molar-refractivity contribution in [2.75, 3.05) is 31.5 Å². The third kappa shape index (κ3) is 5.65. The van der Waals surface area contributed by atoms with E-state index in [1.54, 1.807) is 17.0 Å². The molecule has 1 aromatic carbocycles. The second-order valence-electron chi connectivity index (χ2n) is 9.75. The molecular weight excluding hydrogens is 458 g/mol. The Morgan fingerprint density at radius 1 is 1.03 bits per heavy atom. The number of rotatable bonds is 5. The monoisotopic (exact) mass is 491 g/mol. The van der Waals surface area contributed by atoms with Crippen LogP contribution in [-0.2, 0) is 14.8 Å². The predicted octanol–water partition coefficient (Wildman–Crippen LogP) is 4.31. The Balaban J connectivity index is 1.66. The van der Waals surface area contributed by atoms with Crippen LogP contribution in [0.25, 0.3) is 0 Å². The summed E-state index contributed by atoms with van der Waals surface area (Å²) in [6.45, 7) is 12.6. The van der Waals surface area contributed by atoms with Crippen LogP contribution in [0.15, 0.2) is 35.2 Å². The van der Waals surface area contributed by atoms with Gasteiger partial charge in [0.15, 0.2) is 0 Å². The van der Waals surface area contributed by atoms with E-state index in [0.29, 0.717) is 28.9 Å². The molecule has 0 radical (unpaired) electrons. The first-order valence-electron chi connectivity index (χ1n) is 11.1. The fraction of sp³-hybridized carbons (Fsp3) is 0.500. The number of piperazine rings is 1. The molecule has 1 aliphatic heterocycles. The SMILES string of the molecule is Cc1cc(NC(=O)C(C)(C)C)sc1C(=O)N1CCN(S(=O)(=O)c2ccc(C(C)C)cc2)CC1. The van der Waals surface area contributed by atoms with E-state index in [0.717, 1.165) is 11.1 Å². The zero-order valence-electron chi connectivity index (χ0n) is 20.1. The van der Waals surface area contributed by atoms with Gasteiger partial charge in [0, 0.05) is 31.6 Å². The van der Waals surface area contributed by atoms with Crippen molar-refractivity contribution in [2.45, 2.75) is 52.4 Å². The number of thiophene rings is 1. The lowest BCUT2D eigenvalue weighted by atomic mass is 9.96. The molecule has 9 heteroatoms. The minimum atomic E-state index is -3.60. The summed E-state index contributed by atoms with van der Waals surface area (Å²) in [6, 6.07) is 8.83. The Bertz CT molecular complexity index is 1120. The van der Waals surface area contributed by atoms with E-state index in [1.807, 2.05) is 45.9 Å². The summed E-state index contributed by atoms with van der Waals surface area (Å²) in [5.41, 5.74) is 1.36. The maximum atomic E-state index is 13.1. The van der Waals surface area contributed by atoms with Gasteiger partial charge in [-0.1, -0.05) is 46.8 Å². The number of nitrogens with zero attached hydrogens (tertiary/aromatic N) is 2. The van der Waals surface area contributed by atoms with Crippen LogP contribution in [0.4, 0.5) is 5.00 Å². The van der Waals surface area contributed by atoms with Gasteiger partial charge < -0.3 is 10.2 Å². The summed E-state index contributed by atoms with van der Waals surface area (Å²) in [4.78, 5) is 27.9. The lowest BCUT2D eigenvalue weighted by Crippen LogP contribution is -2.50. The fourth-order valence-electron chi connectivity index (χ4n) is 3.50. The van der Waals surface area contributed by atoms with E-state index in [2.05, 4.69) is 19.2 Å². The molecule has 7 nitrogen and oxygen atoms in total. The topological polar surface area (TPSA) is 86.8 Å². The average molecular weight is 492 g/mol. The van der Waals surface area contributed by atoms with Crippen LogP contribution in [0.2, 0.25) is 0 Å². The Morgan fingerprint density at radius 3 is 2.12 bits per heavy atom. The van der Waals surface area contributed by atoms with E-state index in [-0.39, 0.29) is 29.8 Å². The van der Waals surface area contributed by atoms with Crippen LogP contribution in [-0.4, -0.2) is 55.6 Å². The smallest absolute Gasteiger partial charge is 0.264 e. The largest absolute Gasteiger partial charge is 0.335 e. The Labute approximate surface area is 200 Å². The number of anilines is 1. The normalized spacial score (nSPS) is 15.7. The highest BCUT2D eigenvalue weighted by atomic mass is 32.2. The van der Waals surface area contributed by atoms with Gasteiger partial charge in [-0.25, -0.2) is 8.42 Å². The molecule has 0 aliphatic carbocycles. The Morgan fingerprint density at radius 2 is 1.61 bits per heavy atom. The van der Waals surface area contributed by atoms with Gasteiger partial charge in [0.2, 0.25) is 15.9 Å². The molecule has 0 unspecified atom stereocenters. The highest BCUT2D eigenvalue weighted by molar-refractivity contribution is 7.89. The zero-order chi connectivity index (χ0) is 24.6. The van der Waals surface area contributed by atoms with Crippen molar-refractivity contribution in [3.05, 3.63) is 46.3 Å². The van der Waals surface area contributed by atoms with Gasteiger partial charge in [-0.15, -0.1) is 11.3 Å². The molecule has 1 N–H and O–H groups in total. The predicted molar refractivity (Wildman–Crippen MR) is 132 cm³/mol. The number of aryl methyl sites for hydroxylation is 1. The van der Waals surface area contributed by atoms with Crippen molar-refractivity contribution in [1.29, 1.82) is 0 Å². The van der Waals surface area contributed by atoms with Gasteiger partial charge in [0.25, 0.3) is 5.91 Å². The molecular formula is C24H33N3O4S2. The molecule has 180 valence electrons. The molecule has 2 heterocycles. The lowest BCUT2D eigenvalue weighted by Gasteiger charge is -2.34. The van der Waals surface area contributed by atoms with Crippen LogP contribution in [0.3, 0.4) is 0 Å². The van der Waals surface area contributed by atoms with Crippen molar-refractivity contribution in [3.8, 4) is 0 Å². The summed E-state index contributed by atoms with van der Waals surface area (Å²) in [7, 11) is -3.60. The molecule has 0 bridgehead atoms. The average Bonchev–Trinajstić information content (AvgIpc) is 3.12. The van der Waals surface area contributed by atoms with Gasteiger partial charge >= 0.3 is 0 Å². The quantitative estimate of drug-likeness (QED) is 0.675. The molecule has 1 saturated heterocycles. The Kier molecular flexibility index (Phi) is 7.36. The van der Waals surface area contributed by atoms with Gasteiger partial charge in [-0.2, -0.15) is 4.31 Å². The van der Waals surface area contributed by atoms with Crippen molar-refractivity contribution in [1.82, 2.24) is 9.21 Å². The molecule has 2 amide bonds. The number of hydrogen-bond acceptors (Lipinski definition) is 5. The highest BCUT2D eigenvalue weighted by Crippen LogP contribution is 2.30. The van der Waals surface area contributed by atoms with Gasteiger partial charge in [0.05, 0.1) is 14.8 Å². The number of hydrogen-bond donors (Lipinski definition) is 1. The lowest BCUT2D eigenvalue weighted by molar-refractivity contribution is -0.123. The summed E-state index contributed by atoms with van der Waals surface area (Å²) in [5.74, 6) is 0.0920. The first kappa shape index (κ1) is 25.4. The molecule has 1 fully saturated rings. The van der Waals surface area contributed by atoms with Crippen molar-refractivity contribution < 1.29 is 18.0 Å². The number of nitrogens with one attached hydrogen (secondary N) is 1. The van der Waals surface area contributed by atoms with Crippen molar-refractivity contribution in [2.24, 2.45) is 5.41 Å². The number of carbonyl (C=O) groups is 2. The van der Waals surface area contributed by atoms with E-state index in [1.165, 1.54) is 15.6 Å². The second kappa shape index (κ2) is 9.56. The standard InChI is InChI=1S/C24H33N3O4S2/c1-16(2)18-7-9-19(10-8-18)33(30,31)27-13-11-26(12-14-27)22(28)21-17(3)15-20(32-21)25-23(29)24(4,5)6/h7-10,15-16H,11-14H2,1-6H3,(H,25,29). The molecule has 0 saturated carbocycles. The van der Waals surface area contributed by atoms with Crippen molar-refractivity contribution >= 4 is 38.2 Å². The maximum absolute atomic E-state index is 13.1. The van der Waals surface area contributed by atoms with E-state index in [4.69, 9.17) is 0 Å². The third-order valence-electron chi connectivity index (χ3n) is 5.74. The van der Waals surface area contributed by atoms with Gasteiger partial charge in [-0.3, -0.25) is 9.59 Å². The Hall–Kier alpha value is -2.23. The summed E-state index contributed by atoms with van der Waals surface area (Å²) < 4.78 is 27.5. The van der Waals surface area contributed by atoms with Crippen LogP contribution in [0.5, 0.6) is 0 Å².